The van der Waals surface area contributed by atoms with Crippen molar-refractivity contribution in [2.24, 2.45) is 0 Å². The quantitative estimate of drug-likeness (QED) is 0.818. The van der Waals surface area contributed by atoms with Crippen molar-refractivity contribution < 1.29 is 9.47 Å². The van der Waals surface area contributed by atoms with E-state index >= 15 is 0 Å². The monoisotopic (exact) mass is 241 g/mol. The highest BCUT2D eigenvalue weighted by Gasteiger charge is 2.20. The number of ether oxygens (including phenoxy) is 2. The summed E-state index contributed by atoms with van der Waals surface area (Å²) < 4.78 is 11.4. The van der Waals surface area contributed by atoms with E-state index in [0.29, 0.717) is 5.92 Å². The molecule has 3 nitrogen and oxygen atoms in total. The zero-order chi connectivity index (χ0) is 12.5. The van der Waals surface area contributed by atoms with Crippen LogP contribution < -0.4 is 15.2 Å². The van der Waals surface area contributed by atoms with Crippen LogP contribution in [-0.4, -0.2) is 6.61 Å². The van der Waals surface area contributed by atoms with Gasteiger partial charge < -0.3 is 15.2 Å². The lowest BCUT2D eigenvalue weighted by molar-refractivity contribution is 0.336. The van der Waals surface area contributed by atoms with Gasteiger partial charge in [-0.05, 0) is 30.3 Å². The summed E-state index contributed by atoms with van der Waals surface area (Å²) in [5.74, 6) is 2.95. The minimum Gasteiger partial charge on any atom is -0.493 e. The van der Waals surface area contributed by atoms with Gasteiger partial charge in [-0.1, -0.05) is 13.0 Å². The minimum atomic E-state index is 0.463. The predicted octanol–water partition coefficient (Wildman–Crippen LogP) is 3.56. The van der Waals surface area contributed by atoms with Crippen molar-refractivity contribution in [2.75, 3.05) is 12.3 Å². The zero-order valence-corrected chi connectivity index (χ0v) is 10.2. The Morgan fingerprint density at radius 3 is 2.61 bits per heavy atom. The van der Waals surface area contributed by atoms with E-state index in [1.54, 1.807) is 0 Å². The van der Waals surface area contributed by atoms with Gasteiger partial charge in [-0.15, -0.1) is 0 Å². The molecule has 0 aromatic heterocycles. The van der Waals surface area contributed by atoms with Crippen LogP contribution in [0.4, 0.5) is 5.69 Å². The van der Waals surface area contributed by atoms with Gasteiger partial charge in [0.1, 0.15) is 17.2 Å². The van der Waals surface area contributed by atoms with Gasteiger partial charge in [-0.25, -0.2) is 0 Å². The number of hydrogen-bond acceptors (Lipinski definition) is 3. The van der Waals surface area contributed by atoms with Crippen LogP contribution >= 0.6 is 0 Å². The third-order valence-electron chi connectivity index (χ3n) is 3.12. The molecule has 0 bridgehead atoms. The predicted molar refractivity (Wildman–Crippen MR) is 71.3 cm³/mol. The Balaban J connectivity index is 1.84. The number of hydrogen-bond donors (Lipinski definition) is 1. The van der Waals surface area contributed by atoms with E-state index < -0.39 is 0 Å². The lowest BCUT2D eigenvalue weighted by Crippen LogP contribution is -1.93. The van der Waals surface area contributed by atoms with Crippen LogP contribution in [0.15, 0.2) is 42.5 Å². The molecule has 0 fully saturated rings. The Bertz CT molecular complexity index is 563. The van der Waals surface area contributed by atoms with E-state index in [9.17, 15) is 0 Å². The summed E-state index contributed by atoms with van der Waals surface area (Å²) >= 11 is 0. The number of fused-ring (bicyclic) bond motifs is 1. The number of benzene rings is 2. The fourth-order valence-corrected chi connectivity index (χ4v) is 2.09. The molecule has 1 atom stereocenters. The SMILES string of the molecule is CC1COc2cc(Oc3ccc(N)cc3)ccc21. The number of anilines is 1. The first-order valence-corrected chi connectivity index (χ1v) is 6.02. The Kier molecular flexibility index (Phi) is 2.59. The Labute approximate surface area is 106 Å². The molecule has 1 heterocycles. The van der Waals surface area contributed by atoms with Crippen LogP contribution in [0.2, 0.25) is 0 Å². The highest BCUT2D eigenvalue weighted by Crippen LogP contribution is 2.37. The average molecular weight is 241 g/mol. The van der Waals surface area contributed by atoms with E-state index in [-0.39, 0.29) is 0 Å². The second-order valence-corrected chi connectivity index (χ2v) is 4.58. The van der Waals surface area contributed by atoms with Crippen LogP contribution in [0.5, 0.6) is 17.2 Å². The topological polar surface area (TPSA) is 44.5 Å². The molecular formula is C15H15NO2. The normalized spacial score (nSPS) is 17.1. The van der Waals surface area contributed by atoms with Crippen LogP contribution in [0.25, 0.3) is 0 Å². The molecule has 2 N–H and O–H groups in total. The molecule has 2 aromatic carbocycles. The maximum atomic E-state index is 5.76. The van der Waals surface area contributed by atoms with Gasteiger partial charge in [0.25, 0.3) is 0 Å². The number of nitrogens with two attached hydrogens (primary N) is 1. The summed E-state index contributed by atoms with van der Waals surface area (Å²) in [6, 6.07) is 13.3. The Hall–Kier alpha value is -2.16. The first-order chi connectivity index (χ1) is 8.72. The molecule has 2 aromatic rings. The smallest absolute Gasteiger partial charge is 0.131 e. The molecule has 1 unspecified atom stereocenters. The van der Waals surface area contributed by atoms with Crippen LogP contribution in [0, 0.1) is 0 Å². The van der Waals surface area contributed by atoms with E-state index in [1.807, 2.05) is 36.4 Å². The fraction of sp³-hybridized carbons (Fsp3) is 0.200. The highest BCUT2D eigenvalue weighted by atomic mass is 16.5. The first kappa shape index (κ1) is 11.0. The van der Waals surface area contributed by atoms with E-state index in [0.717, 1.165) is 29.5 Å². The van der Waals surface area contributed by atoms with Gasteiger partial charge in [0.2, 0.25) is 0 Å². The van der Waals surface area contributed by atoms with E-state index in [2.05, 4.69) is 13.0 Å². The van der Waals surface area contributed by atoms with Gasteiger partial charge >= 0.3 is 0 Å². The maximum Gasteiger partial charge on any atom is 0.131 e. The summed E-state index contributed by atoms with van der Waals surface area (Å²) in [4.78, 5) is 0. The molecule has 0 radical (unpaired) electrons. The third kappa shape index (κ3) is 1.99. The molecule has 0 spiro atoms. The second-order valence-electron chi connectivity index (χ2n) is 4.58. The third-order valence-corrected chi connectivity index (χ3v) is 3.12. The van der Waals surface area contributed by atoms with Crippen molar-refractivity contribution in [2.45, 2.75) is 12.8 Å². The van der Waals surface area contributed by atoms with Crippen molar-refractivity contribution in [3.05, 3.63) is 48.0 Å². The highest BCUT2D eigenvalue weighted by molar-refractivity contribution is 5.47. The van der Waals surface area contributed by atoms with Crippen molar-refractivity contribution >= 4 is 5.69 Å². The van der Waals surface area contributed by atoms with Crippen molar-refractivity contribution in [3.63, 3.8) is 0 Å². The summed E-state index contributed by atoms with van der Waals surface area (Å²) in [7, 11) is 0. The van der Waals surface area contributed by atoms with Gasteiger partial charge in [-0.3, -0.25) is 0 Å². The van der Waals surface area contributed by atoms with Crippen LogP contribution in [0.1, 0.15) is 18.4 Å². The first-order valence-electron chi connectivity index (χ1n) is 6.02. The molecular weight excluding hydrogens is 226 g/mol. The van der Waals surface area contributed by atoms with Crippen LogP contribution in [-0.2, 0) is 0 Å². The fourth-order valence-electron chi connectivity index (χ4n) is 2.09. The molecule has 0 saturated carbocycles. The van der Waals surface area contributed by atoms with Crippen molar-refractivity contribution in [3.8, 4) is 17.2 Å². The Morgan fingerprint density at radius 2 is 1.83 bits per heavy atom. The molecule has 92 valence electrons. The molecule has 0 saturated heterocycles. The van der Waals surface area contributed by atoms with Gasteiger partial charge in [0.05, 0.1) is 6.61 Å². The molecule has 1 aliphatic heterocycles. The molecule has 3 rings (SSSR count). The lowest BCUT2D eigenvalue weighted by atomic mass is 10.0. The lowest BCUT2D eigenvalue weighted by Gasteiger charge is -2.07. The summed E-state index contributed by atoms with van der Waals surface area (Å²) in [5.41, 5.74) is 7.61. The van der Waals surface area contributed by atoms with E-state index in [1.165, 1.54) is 5.56 Å². The molecule has 3 heteroatoms. The van der Waals surface area contributed by atoms with Crippen LogP contribution in [0.3, 0.4) is 0 Å². The number of nitrogen functional groups attached to an aromatic ring is 1. The molecule has 1 aliphatic rings. The Morgan fingerprint density at radius 1 is 1.11 bits per heavy atom. The molecule has 18 heavy (non-hydrogen) atoms. The van der Waals surface area contributed by atoms with Crippen molar-refractivity contribution in [1.29, 1.82) is 0 Å². The van der Waals surface area contributed by atoms with Gasteiger partial charge in [-0.2, -0.15) is 0 Å². The minimum absolute atomic E-state index is 0.463. The average Bonchev–Trinajstić information content (AvgIpc) is 2.74. The van der Waals surface area contributed by atoms with Crippen molar-refractivity contribution in [1.82, 2.24) is 0 Å². The summed E-state index contributed by atoms with van der Waals surface area (Å²) in [6.45, 7) is 2.91. The summed E-state index contributed by atoms with van der Waals surface area (Å²) in [5, 5.41) is 0. The largest absolute Gasteiger partial charge is 0.493 e. The zero-order valence-electron chi connectivity index (χ0n) is 10.2. The molecule has 0 aliphatic carbocycles. The van der Waals surface area contributed by atoms with Gasteiger partial charge in [0.15, 0.2) is 0 Å². The number of rotatable bonds is 2. The second kappa shape index (κ2) is 4.26. The standard InChI is InChI=1S/C15H15NO2/c1-10-9-17-15-8-13(6-7-14(10)15)18-12-4-2-11(16)3-5-12/h2-8,10H,9,16H2,1H3. The molecule has 0 amide bonds. The van der Waals surface area contributed by atoms with Gasteiger partial charge in [0, 0.05) is 23.2 Å². The maximum absolute atomic E-state index is 5.76. The van der Waals surface area contributed by atoms with E-state index in [4.69, 9.17) is 15.2 Å². The summed E-state index contributed by atoms with van der Waals surface area (Å²) in [6.07, 6.45) is 0.